The molecule has 0 unspecified atom stereocenters. The van der Waals surface area contributed by atoms with Crippen molar-refractivity contribution in [2.45, 2.75) is 6.92 Å². The molecule has 0 saturated heterocycles. The quantitative estimate of drug-likeness (QED) is 0.386. The molecule has 0 spiro atoms. The smallest absolute Gasteiger partial charge is 0.273 e. The van der Waals surface area contributed by atoms with Gasteiger partial charge in [0.25, 0.3) is 17.4 Å². The third-order valence-corrected chi connectivity index (χ3v) is 4.36. The molecule has 4 aromatic heterocycles. The van der Waals surface area contributed by atoms with Gasteiger partial charge in [-0.3, -0.25) is 9.59 Å². The minimum absolute atomic E-state index is 0.00732. The molecule has 0 atom stereocenters. The Balaban J connectivity index is 1.94. The van der Waals surface area contributed by atoms with Gasteiger partial charge < -0.3 is 15.8 Å². The number of rotatable bonds is 5. The molecule has 0 aromatic carbocycles. The summed E-state index contributed by atoms with van der Waals surface area (Å²) >= 11 is 0. The Labute approximate surface area is 178 Å². The molecule has 14 heteroatoms. The van der Waals surface area contributed by atoms with Crippen LogP contribution in [0.4, 0.5) is 11.5 Å². The van der Waals surface area contributed by atoms with E-state index in [9.17, 15) is 20.0 Å². The second-order valence-electron chi connectivity index (χ2n) is 6.24. The van der Waals surface area contributed by atoms with Crippen LogP contribution in [0, 0.1) is 18.3 Å². The molecule has 4 rings (SSSR count). The lowest BCUT2D eigenvalue weighted by molar-refractivity contribution is 0.0998. The number of nitrogens with two attached hydrogens (primary N) is 1. The summed E-state index contributed by atoms with van der Waals surface area (Å²) in [7, 11) is 0. The minimum atomic E-state index is -1.02. The maximum atomic E-state index is 12.8. The maximum absolute atomic E-state index is 12.8. The number of hydrogen-bond donors (Lipinski definition) is 3. The van der Waals surface area contributed by atoms with Crippen molar-refractivity contribution in [3.63, 3.8) is 0 Å². The van der Waals surface area contributed by atoms with Crippen molar-refractivity contribution >= 4 is 17.4 Å². The van der Waals surface area contributed by atoms with E-state index >= 15 is 0 Å². The predicted octanol–water partition coefficient (Wildman–Crippen LogP) is 0.936. The van der Waals surface area contributed by atoms with E-state index < -0.39 is 22.9 Å². The molecule has 0 aliphatic carbocycles. The molecule has 0 aliphatic rings. The van der Waals surface area contributed by atoms with Crippen LogP contribution in [0.2, 0.25) is 0 Å². The average Bonchev–Trinajstić information content (AvgIpc) is 3.44. The summed E-state index contributed by atoms with van der Waals surface area (Å²) in [5.41, 5.74) is 3.89. The second-order valence-corrected chi connectivity index (χ2v) is 6.24. The molecule has 1 amide bonds. The van der Waals surface area contributed by atoms with Crippen molar-refractivity contribution in [2.75, 3.05) is 0 Å². The Morgan fingerprint density at radius 1 is 1.25 bits per heavy atom. The fraction of sp³-hybridized carbons (Fsp3) is 0.0556. The van der Waals surface area contributed by atoms with Crippen molar-refractivity contribution < 1.29 is 9.90 Å². The molecular formula is C18H13N11O3. The lowest BCUT2D eigenvalue weighted by Crippen LogP contribution is -2.30. The predicted molar refractivity (Wildman–Crippen MR) is 107 cm³/mol. The number of imidazole rings is 1. The number of nitrogens with zero attached hydrogens (tertiary/aromatic N) is 9. The molecule has 0 radical (unpaired) electrons. The molecule has 4 N–H and O–H groups in total. The van der Waals surface area contributed by atoms with Gasteiger partial charge in [-0.15, -0.1) is 10.2 Å². The zero-order valence-electron chi connectivity index (χ0n) is 16.3. The van der Waals surface area contributed by atoms with Gasteiger partial charge in [0.15, 0.2) is 11.5 Å². The lowest BCUT2D eigenvalue weighted by Gasteiger charge is -2.12. The number of amides is 1. The summed E-state index contributed by atoms with van der Waals surface area (Å²) in [6, 6.07) is 3.53. The molecule has 14 nitrogen and oxygen atoms in total. The zero-order chi connectivity index (χ0) is 22.8. The standard InChI is InChI=1S/C18H13N11O3/c1-9-11(13(20)30)15(31)28(17-23-5-6-24-17)16(32)12(9)26-27-14-10(7-19)8-25-29(14)18-21-3-2-4-22-18/h2-6,8,32H,1H3,(H2,20,30)(H,23,24)/b27-26+. The SMILES string of the molecule is Cc1c(/N=N/c2c(C#N)cnn2-c2ncccn2)c(O)n(-c2ncc[nH]2)c(=O)c1C(N)=O. The third-order valence-electron chi connectivity index (χ3n) is 4.36. The highest BCUT2D eigenvalue weighted by Crippen LogP contribution is 2.34. The number of carbonyl (C=O) groups excluding carboxylic acids is 1. The molecule has 158 valence electrons. The van der Waals surface area contributed by atoms with Crippen LogP contribution >= 0.6 is 0 Å². The van der Waals surface area contributed by atoms with Gasteiger partial charge in [-0.2, -0.15) is 15.0 Å². The highest BCUT2D eigenvalue weighted by molar-refractivity contribution is 5.95. The number of nitrogens with one attached hydrogen (secondary N) is 1. The van der Waals surface area contributed by atoms with Crippen molar-refractivity contribution in [1.82, 2.24) is 34.3 Å². The van der Waals surface area contributed by atoms with Gasteiger partial charge in [0.05, 0.1) is 6.20 Å². The first-order chi connectivity index (χ1) is 15.4. The first-order valence-corrected chi connectivity index (χ1v) is 8.89. The summed E-state index contributed by atoms with van der Waals surface area (Å²) in [6.45, 7) is 1.38. The van der Waals surface area contributed by atoms with Crippen molar-refractivity contribution in [3.8, 4) is 23.8 Å². The van der Waals surface area contributed by atoms with Gasteiger partial charge in [0.2, 0.25) is 11.8 Å². The van der Waals surface area contributed by atoms with E-state index in [1.807, 2.05) is 6.07 Å². The van der Waals surface area contributed by atoms with Crippen LogP contribution in [0.3, 0.4) is 0 Å². The Hall–Kier alpha value is -5.19. The summed E-state index contributed by atoms with van der Waals surface area (Å²) in [4.78, 5) is 39.4. The molecule has 0 bridgehead atoms. The molecule has 0 aliphatic heterocycles. The van der Waals surface area contributed by atoms with Gasteiger partial charge >= 0.3 is 0 Å². The van der Waals surface area contributed by atoms with Crippen LogP contribution < -0.4 is 11.3 Å². The minimum Gasteiger partial charge on any atom is -0.492 e. The van der Waals surface area contributed by atoms with Gasteiger partial charge in [-0.1, -0.05) is 0 Å². The number of carbonyl (C=O) groups is 1. The molecule has 0 saturated carbocycles. The van der Waals surface area contributed by atoms with Crippen LogP contribution in [0.25, 0.3) is 11.9 Å². The monoisotopic (exact) mass is 431 g/mol. The largest absolute Gasteiger partial charge is 0.492 e. The van der Waals surface area contributed by atoms with E-state index in [2.05, 4.69) is 35.3 Å². The summed E-state index contributed by atoms with van der Waals surface area (Å²) < 4.78 is 1.91. The van der Waals surface area contributed by atoms with E-state index in [1.165, 1.54) is 42.6 Å². The van der Waals surface area contributed by atoms with Crippen molar-refractivity contribution in [2.24, 2.45) is 16.0 Å². The van der Waals surface area contributed by atoms with Gasteiger partial charge in [-0.05, 0) is 13.0 Å². The van der Waals surface area contributed by atoms with E-state index in [4.69, 9.17) is 5.73 Å². The number of aromatic amines is 1. The Bertz CT molecular complexity index is 1440. The first kappa shape index (κ1) is 20.1. The Morgan fingerprint density at radius 2 is 2.00 bits per heavy atom. The summed E-state index contributed by atoms with van der Waals surface area (Å²) in [6.07, 6.45) is 6.97. The average molecular weight is 431 g/mol. The number of pyridine rings is 1. The van der Waals surface area contributed by atoms with Crippen molar-refractivity contribution in [3.05, 3.63) is 64.1 Å². The fourth-order valence-electron chi connectivity index (χ4n) is 2.91. The highest BCUT2D eigenvalue weighted by Gasteiger charge is 2.24. The summed E-state index contributed by atoms with van der Waals surface area (Å²) in [5, 5.41) is 32.2. The van der Waals surface area contributed by atoms with E-state index in [0.717, 1.165) is 4.57 Å². The Kier molecular flexibility index (Phi) is 4.97. The number of aromatic nitrogens is 7. The number of azo groups is 1. The number of hydrogen-bond acceptors (Lipinski definition) is 10. The Morgan fingerprint density at radius 3 is 2.62 bits per heavy atom. The van der Waals surface area contributed by atoms with Crippen LogP contribution in [0.15, 0.2) is 52.1 Å². The van der Waals surface area contributed by atoms with Crippen LogP contribution in [-0.2, 0) is 0 Å². The van der Waals surface area contributed by atoms with Crippen LogP contribution in [0.1, 0.15) is 21.5 Å². The molecular weight excluding hydrogens is 418 g/mol. The van der Waals surface area contributed by atoms with E-state index in [1.54, 1.807) is 6.07 Å². The van der Waals surface area contributed by atoms with Gasteiger partial charge in [0, 0.05) is 30.4 Å². The van der Waals surface area contributed by atoms with Crippen LogP contribution in [-0.4, -0.2) is 45.3 Å². The van der Waals surface area contributed by atoms with Crippen molar-refractivity contribution in [1.29, 1.82) is 5.26 Å². The number of nitriles is 1. The number of H-pyrrole nitrogens is 1. The topological polar surface area (TPSA) is 206 Å². The second kappa shape index (κ2) is 7.91. The third kappa shape index (κ3) is 3.25. The van der Waals surface area contributed by atoms with Gasteiger partial charge in [-0.25, -0.2) is 19.5 Å². The molecule has 4 heterocycles. The fourth-order valence-corrected chi connectivity index (χ4v) is 2.91. The first-order valence-electron chi connectivity index (χ1n) is 8.89. The van der Waals surface area contributed by atoms with Crippen LogP contribution in [0.5, 0.6) is 5.88 Å². The van der Waals surface area contributed by atoms with E-state index in [0.29, 0.717) is 0 Å². The normalized spacial score (nSPS) is 11.0. The molecule has 0 fully saturated rings. The van der Waals surface area contributed by atoms with E-state index in [-0.39, 0.29) is 34.5 Å². The number of primary amides is 1. The maximum Gasteiger partial charge on any atom is 0.273 e. The number of aromatic hydroxyl groups is 1. The highest BCUT2D eigenvalue weighted by atomic mass is 16.3. The molecule has 4 aromatic rings. The zero-order valence-corrected chi connectivity index (χ0v) is 16.3. The molecule has 32 heavy (non-hydrogen) atoms. The summed E-state index contributed by atoms with van der Waals surface area (Å²) in [5.74, 6) is -1.63. The van der Waals surface area contributed by atoms with Gasteiger partial charge in [0.1, 0.15) is 17.2 Å². The lowest BCUT2D eigenvalue weighted by atomic mass is 10.1.